The van der Waals surface area contributed by atoms with E-state index in [1.54, 1.807) is 13.3 Å². The minimum Gasteiger partial charge on any atom is -0.385 e. The fourth-order valence-electron chi connectivity index (χ4n) is 1.42. The standard InChI is InChI=1S/C12H19ClN2O/c1-16-8-4-2-3-7-14-9-11-5-6-12(13)15-10-11/h5-6,10,14H,2-4,7-9H2,1H3. The zero-order valence-electron chi connectivity index (χ0n) is 9.71. The molecular weight excluding hydrogens is 224 g/mol. The van der Waals surface area contributed by atoms with E-state index in [1.807, 2.05) is 12.1 Å². The van der Waals surface area contributed by atoms with E-state index >= 15 is 0 Å². The topological polar surface area (TPSA) is 34.1 Å². The molecule has 0 saturated heterocycles. The number of nitrogens with one attached hydrogen (secondary N) is 1. The summed E-state index contributed by atoms with van der Waals surface area (Å²) in [5.74, 6) is 0. The third-order valence-corrected chi connectivity index (χ3v) is 2.54. The molecule has 1 aromatic heterocycles. The maximum absolute atomic E-state index is 5.70. The summed E-state index contributed by atoms with van der Waals surface area (Å²) in [7, 11) is 1.74. The molecule has 3 nitrogen and oxygen atoms in total. The molecule has 0 aromatic carbocycles. The van der Waals surface area contributed by atoms with Crippen LogP contribution >= 0.6 is 11.6 Å². The van der Waals surface area contributed by atoms with E-state index in [-0.39, 0.29) is 0 Å². The lowest BCUT2D eigenvalue weighted by Gasteiger charge is -2.04. The van der Waals surface area contributed by atoms with Gasteiger partial charge in [-0.1, -0.05) is 17.7 Å². The Kier molecular flexibility index (Phi) is 7.14. The fraction of sp³-hybridized carbons (Fsp3) is 0.583. The van der Waals surface area contributed by atoms with Crippen molar-refractivity contribution >= 4 is 11.6 Å². The third kappa shape index (κ3) is 6.05. The summed E-state index contributed by atoms with van der Waals surface area (Å²) in [6.45, 7) is 2.75. The Morgan fingerprint density at radius 2 is 2.19 bits per heavy atom. The average Bonchev–Trinajstić information content (AvgIpc) is 2.30. The predicted octanol–water partition coefficient (Wildman–Crippen LogP) is 2.64. The Hall–Kier alpha value is -0.640. The van der Waals surface area contributed by atoms with E-state index in [9.17, 15) is 0 Å². The van der Waals surface area contributed by atoms with E-state index in [4.69, 9.17) is 16.3 Å². The lowest BCUT2D eigenvalue weighted by atomic mass is 10.2. The first-order chi connectivity index (χ1) is 7.83. The molecule has 0 fully saturated rings. The largest absolute Gasteiger partial charge is 0.385 e. The summed E-state index contributed by atoms with van der Waals surface area (Å²) < 4.78 is 4.99. The van der Waals surface area contributed by atoms with E-state index in [0.29, 0.717) is 5.15 Å². The number of unbranched alkanes of at least 4 members (excludes halogenated alkanes) is 2. The van der Waals surface area contributed by atoms with E-state index in [1.165, 1.54) is 18.4 Å². The molecule has 0 saturated carbocycles. The quantitative estimate of drug-likeness (QED) is 0.562. The second kappa shape index (κ2) is 8.50. The van der Waals surface area contributed by atoms with Gasteiger partial charge >= 0.3 is 0 Å². The number of methoxy groups -OCH3 is 1. The maximum atomic E-state index is 5.70. The lowest BCUT2D eigenvalue weighted by molar-refractivity contribution is 0.192. The van der Waals surface area contributed by atoms with Crippen molar-refractivity contribution in [1.82, 2.24) is 10.3 Å². The number of ether oxygens (including phenoxy) is 1. The molecule has 4 heteroatoms. The first kappa shape index (κ1) is 13.4. The molecule has 0 aliphatic carbocycles. The Morgan fingerprint density at radius 3 is 2.88 bits per heavy atom. The van der Waals surface area contributed by atoms with Gasteiger partial charge in [-0.05, 0) is 37.4 Å². The highest BCUT2D eigenvalue weighted by atomic mass is 35.5. The first-order valence-corrected chi connectivity index (χ1v) is 6.01. The molecule has 1 heterocycles. The normalized spacial score (nSPS) is 10.6. The van der Waals surface area contributed by atoms with Crippen LogP contribution in [-0.2, 0) is 11.3 Å². The minimum atomic E-state index is 0.545. The third-order valence-electron chi connectivity index (χ3n) is 2.32. The summed E-state index contributed by atoms with van der Waals surface area (Å²) in [5.41, 5.74) is 1.17. The van der Waals surface area contributed by atoms with E-state index < -0.39 is 0 Å². The Labute approximate surface area is 102 Å². The zero-order valence-corrected chi connectivity index (χ0v) is 10.5. The van der Waals surface area contributed by atoms with Crippen molar-refractivity contribution in [3.63, 3.8) is 0 Å². The van der Waals surface area contributed by atoms with Crippen molar-refractivity contribution in [2.45, 2.75) is 25.8 Å². The highest BCUT2D eigenvalue weighted by Gasteiger charge is 1.94. The Balaban J connectivity index is 2.01. The fourth-order valence-corrected chi connectivity index (χ4v) is 1.53. The van der Waals surface area contributed by atoms with Gasteiger partial charge < -0.3 is 10.1 Å². The van der Waals surface area contributed by atoms with Gasteiger partial charge in [0.15, 0.2) is 0 Å². The van der Waals surface area contributed by atoms with Crippen molar-refractivity contribution in [3.05, 3.63) is 29.0 Å². The van der Waals surface area contributed by atoms with Gasteiger partial charge in [0, 0.05) is 26.5 Å². The summed E-state index contributed by atoms with van der Waals surface area (Å²) in [5, 5.41) is 3.92. The molecule has 1 N–H and O–H groups in total. The highest BCUT2D eigenvalue weighted by molar-refractivity contribution is 6.29. The molecule has 1 rings (SSSR count). The molecule has 0 bridgehead atoms. The van der Waals surface area contributed by atoms with Gasteiger partial charge in [0.05, 0.1) is 0 Å². The van der Waals surface area contributed by atoms with Crippen LogP contribution in [0.5, 0.6) is 0 Å². The summed E-state index contributed by atoms with van der Waals surface area (Å²) in [6, 6.07) is 3.81. The van der Waals surface area contributed by atoms with Crippen LogP contribution in [-0.4, -0.2) is 25.2 Å². The number of pyridine rings is 1. The first-order valence-electron chi connectivity index (χ1n) is 5.63. The van der Waals surface area contributed by atoms with Crippen LogP contribution in [0.4, 0.5) is 0 Å². The predicted molar refractivity (Wildman–Crippen MR) is 66.7 cm³/mol. The Morgan fingerprint density at radius 1 is 1.31 bits per heavy atom. The van der Waals surface area contributed by atoms with Crippen molar-refractivity contribution in [2.75, 3.05) is 20.3 Å². The van der Waals surface area contributed by atoms with E-state index in [2.05, 4.69) is 10.3 Å². The van der Waals surface area contributed by atoms with Gasteiger partial charge in [-0.2, -0.15) is 0 Å². The van der Waals surface area contributed by atoms with Crippen molar-refractivity contribution in [1.29, 1.82) is 0 Å². The van der Waals surface area contributed by atoms with Crippen LogP contribution in [0.1, 0.15) is 24.8 Å². The minimum absolute atomic E-state index is 0.545. The second-order valence-electron chi connectivity index (χ2n) is 3.72. The molecule has 0 spiro atoms. The number of rotatable bonds is 8. The smallest absolute Gasteiger partial charge is 0.129 e. The van der Waals surface area contributed by atoms with Gasteiger partial charge in [0.25, 0.3) is 0 Å². The zero-order chi connectivity index (χ0) is 11.6. The summed E-state index contributed by atoms with van der Waals surface area (Å²) in [6.07, 6.45) is 5.34. The molecule has 0 radical (unpaired) electrons. The number of halogens is 1. The molecule has 90 valence electrons. The molecule has 0 atom stereocenters. The molecular formula is C12H19ClN2O. The van der Waals surface area contributed by atoms with E-state index in [0.717, 1.165) is 26.1 Å². The Bertz CT molecular complexity index is 277. The van der Waals surface area contributed by atoms with Gasteiger partial charge in [-0.25, -0.2) is 4.98 Å². The molecule has 1 aromatic rings. The van der Waals surface area contributed by atoms with Gasteiger partial charge in [0.2, 0.25) is 0 Å². The summed E-state index contributed by atoms with van der Waals surface area (Å²) >= 11 is 5.70. The van der Waals surface area contributed by atoms with Crippen LogP contribution in [0, 0.1) is 0 Å². The molecule has 0 aliphatic heterocycles. The number of hydrogen-bond donors (Lipinski definition) is 1. The van der Waals surface area contributed by atoms with Crippen LogP contribution in [0.15, 0.2) is 18.3 Å². The maximum Gasteiger partial charge on any atom is 0.129 e. The second-order valence-corrected chi connectivity index (χ2v) is 4.11. The monoisotopic (exact) mass is 242 g/mol. The van der Waals surface area contributed by atoms with Gasteiger partial charge in [0.1, 0.15) is 5.15 Å². The number of nitrogens with zero attached hydrogens (tertiary/aromatic N) is 1. The van der Waals surface area contributed by atoms with Crippen LogP contribution in [0.2, 0.25) is 5.15 Å². The molecule has 0 amide bonds. The van der Waals surface area contributed by atoms with Gasteiger partial charge in [-0.15, -0.1) is 0 Å². The summed E-state index contributed by atoms with van der Waals surface area (Å²) in [4.78, 5) is 4.03. The van der Waals surface area contributed by atoms with Crippen molar-refractivity contribution < 1.29 is 4.74 Å². The molecule has 16 heavy (non-hydrogen) atoms. The number of aromatic nitrogens is 1. The van der Waals surface area contributed by atoms with Crippen LogP contribution < -0.4 is 5.32 Å². The average molecular weight is 243 g/mol. The van der Waals surface area contributed by atoms with Gasteiger partial charge in [-0.3, -0.25) is 0 Å². The van der Waals surface area contributed by atoms with Crippen molar-refractivity contribution in [3.8, 4) is 0 Å². The van der Waals surface area contributed by atoms with Crippen LogP contribution in [0.25, 0.3) is 0 Å². The highest BCUT2D eigenvalue weighted by Crippen LogP contribution is 2.04. The number of hydrogen-bond acceptors (Lipinski definition) is 3. The lowest BCUT2D eigenvalue weighted by Crippen LogP contribution is -2.14. The molecule has 0 unspecified atom stereocenters. The SMILES string of the molecule is COCCCCCNCc1ccc(Cl)nc1. The van der Waals surface area contributed by atoms with Crippen molar-refractivity contribution in [2.24, 2.45) is 0 Å². The molecule has 0 aliphatic rings. The van der Waals surface area contributed by atoms with Crippen LogP contribution in [0.3, 0.4) is 0 Å².